The van der Waals surface area contributed by atoms with E-state index in [4.69, 9.17) is 0 Å². The first kappa shape index (κ1) is 21.3. The Hall–Kier alpha value is -1.98. The van der Waals surface area contributed by atoms with Crippen LogP contribution in [0, 0.1) is 13.8 Å². The summed E-state index contributed by atoms with van der Waals surface area (Å²) in [6.45, 7) is 11.7. The zero-order chi connectivity index (χ0) is 19.8. The van der Waals surface area contributed by atoms with Crippen molar-refractivity contribution >= 4 is 23.0 Å². The summed E-state index contributed by atoms with van der Waals surface area (Å²) in [6, 6.07) is 10.2. The number of thiophene rings is 1. The molecule has 4 nitrogen and oxygen atoms in total. The highest BCUT2D eigenvalue weighted by molar-refractivity contribution is 7.12. The average molecular weight is 387 g/mol. The molecule has 2 rings (SSSR count). The maximum atomic E-state index is 12.3. The number of hydrogen-bond acceptors (Lipinski definition) is 4. The molecule has 0 saturated carbocycles. The number of amides is 1. The van der Waals surface area contributed by atoms with Crippen LogP contribution < -0.4 is 5.32 Å². The van der Waals surface area contributed by atoms with Gasteiger partial charge in [-0.2, -0.15) is 0 Å². The summed E-state index contributed by atoms with van der Waals surface area (Å²) in [6.07, 6.45) is 0.483. The van der Waals surface area contributed by atoms with Crippen molar-refractivity contribution in [1.82, 2.24) is 10.2 Å². The van der Waals surface area contributed by atoms with Crippen LogP contribution in [0.25, 0.3) is 0 Å². The molecule has 1 aromatic heterocycles. The second-order valence-electron chi connectivity index (χ2n) is 6.81. The summed E-state index contributed by atoms with van der Waals surface area (Å²) in [5.41, 5.74) is 3.10. The monoisotopic (exact) mass is 386 g/mol. The first-order valence-electron chi connectivity index (χ1n) is 9.60. The summed E-state index contributed by atoms with van der Waals surface area (Å²) >= 11 is 1.62. The highest BCUT2D eigenvalue weighted by atomic mass is 32.1. The van der Waals surface area contributed by atoms with E-state index in [2.05, 4.69) is 36.2 Å². The van der Waals surface area contributed by atoms with Crippen LogP contribution in [0.2, 0.25) is 0 Å². The van der Waals surface area contributed by atoms with Crippen LogP contribution in [0.1, 0.15) is 57.9 Å². The molecule has 0 aliphatic heterocycles. The first-order chi connectivity index (χ1) is 12.9. The third kappa shape index (κ3) is 6.60. The second-order valence-corrected chi connectivity index (χ2v) is 8.27. The Labute approximate surface area is 166 Å². The molecule has 146 valence electrons. The molecule has 1 N–H and O–H groups in total. The zero-order valence-corrected chi connectivity index (χ0v) is 17.6. The van der Waals surface area contributed by atoms with E-state index in [1.807, 2.05) is 32.0 Å². The van der Waals surface area contributed by atoms with Gasteiger partial charge in [-0.3, -0.25) is 14.5 Å². The fraction of sp³-hybridized carbons (Fsp3) is 0.455. The van der Waals surface area contributed by atoms with Crippen molar-refractivity contribution in [3.63, 3.8) is 0 Å². The molecule has 1 aromatic carbocycles. The maximum Gasteiger partial charge on any atom is 0.220 e. The minimum absolute atomic E-state index is 0.0493. The van der Waals surface area contributed by atoms with Gasteiger partial charge in [0.1, 0.15) is 0 Å². The van der Waals surface area contributed by atoms with Crippen LogP contribution >= 0.6 is 11.3 Å². The summed E-state index contributed by atoms with van der Waals surface area (Å²) < 4.78 is 0. The van der Waals surface area contributed by atoms with Crippen molar-refractivity contribution in [2.75, 3.05) is 13.1 Å². The van der Waals surface area contributed by atoms with E-state index < -0.39 is 0 Å². The minimum atomic E-state index is -0.0814. The van der Waals surface area contributed by atoms with Crippen LogP contribution in [0.4, 0.5) is 0 Å². The SMILES string of the molecule is CCN(CC)Cc1cccc(CNC(=O)CCC(=O)c2cc(C)sc2C)c1. The van der Waals surface area contributed by atoms with Gasteiger partial charge in [-0.15, -0.1) is 11.3 Å². The van der Waals surface area contributed by atoms with Crippen LogP contribution in [0.5, 0.6) is 0 Å². The number of carbonyl (C=O) groups is 2. The number of carbonyl (C=O) groups excluding carboxylic acids is 2. The number of aryl methyl sites for hydroxylation is 2. The van der Waals surface area contributed by atoms with E-state index in [1.165, 1.54) is 5.56 Å². The fourth-order valence-corrected chi connectivity index (χ4v) is 4.04. The van der Waals surface area contributed by atoms with Gasteiger partial charge >= 0.3 is 0 Å². The normalized spacial score (nSPS) is 11.0. The number of Topliss-reactive ketones (excluding diaryl/α,β-unsaturated/α-hetero) is 1. The Balaban J connectivity index is 1.81. The van der Waals surface area contributed by atoms with Crippen LogP contribution in [-0.2, 0) is 17.9 Å². The lowest BCUT2D eigenvalue weighted by Gasteiger charge is -2.18. The molecule has 0 bridgehead atoms. The van der Waals surface area contributed by atoms with Crippen molar-refractivity contribution in [2.45, 2.75) is 53.6 Å². The van der Waals surface area contributed by atoms with Crippen molar-refractivity contribution in [3.8, 4) is 0 Å². The van der Waals surface area contributed by atoms with E-state index in [-0.39, 0.29) is 24.5 Å². The molecule has 1 heterocycles. The molecule has 1 amide bonds. The molecule has 0 saturated heterocycles. The van der Waals surface area contributed by atoms with Crippen LogP contribution in [0.15, 0.2) is 30.3 Å². The molecule has 0 radical (unpaired) electrons. The van der Waals surface area contributed by atoms with E-state index in [9.17, 15) is 9.59 Å². The lowest BCUT2D eigenvalue weighted by molar-refractivity contribution is -0.121. The standard InChI is InChI=1S/C22H30N2O2S/c1-5-24(6-2)15-19-9-7-8-18(13-19)14-23-22(26)11-10-21(25)20-12-16(3)27-17(20)4/h7-9,12-13H,5-6,10-11,14-15H2,1-4H3,(H,23,26). The molecule has 5 heteroatoms. The quantitative estimate of drug-likeness (QED) is 0.612. The molecular formula is C22H30N2O2S. The van der Waals surface area contributed by atoms with E-state index in [0.29, 0.717) is 6.54 Å². The third-order valence-corrected chi connectivity index (χ3v) is 5.67. The largest absolute Gasteiger partial charge is 0.352 e. The van der Waals surface area contributed by atoms with Gasteiger partial charge in [0.15, 0.2) is 5.78 Å². The number of rotatable bonds is 10. The first-order valence-corrected chi connectivity index (χ1v) is 10.4. The van der Waals surface area contributed by atoms with Crippen molar-refractivity contribution < 1.29 is 9.59 Å². The Bertz CT molecular complexity index is 778. The van der Waals surface area contributed by atoms with E-state index in [1.54, 1.807) is 11.3 Å². The molecule has 0 spiro atoms. The van der Waals surface area contributed by atoms with Gasteiger partial charge in [0, 0.05) is 41.2 Å². The highest BCUT2D eigenvalue weighted by Gasteiger charge is 2.13. The topological polar surface area (TPSA) is 49.4 Å². The average Bonchev–Trinajstić information content (AvgIpc) is 3.01. The predicted molar refractivity (Wildman–Crippen MR) is 112 cm³/mol. The summed E-state index contributed by atoms with van der Waals surface area (Å²) in [4.78, 5) is 28.9. The lowest BCUT2D eigenvalue weighted by Crippen LogP contribution is -2.24. The Kier molecular flexibility index (Phi) is 8.20. The van der Waals surface area contributed by atoms with Crippen LogP contribution in [0.3, 0.4) is 0 Å². The highest BCUT2D eigenvalue weighted by Crippen LogP contribution is 2.22. The van der Waals surface area contributed by atoms with E-state index >= 15 is 0 Å². The molecule has 27 heavy (non-hydrogen) atoms. The summed E-state index contributed by atoms with van der Waals surface area (Å²) in [7, 11) is 0. The second kappa shape index (κ2) is 10.4. The number of hydrogen-bond donors (Lipinski definition) is 1. The maximum absolute atomic E-state index is 12.3. The number of nitrogens with one attached hydrogen (secondary N) is 1. The van der Waals surface area contributed by atoms with Gasteiger partial charge < -0.3 is 5.32 Å². The van der Waals surface area contributed by atoms with Gasteiger partial charge in [0.05, 0.1) is 0 Å². The molecule has 0 aliphatic rings. The molecule has 0 fully saturated rings. The fourth-order valence-electron chi connectivity index (χ4n) is 3.10. The van der Waals surface area contributed by atoms with Gasteiger partial charge in [0.25, 0.3) is 0 Å². The summed E-state index contributed by atoms with van der Waals surface area (Å²) in [5, 5.41) is 2.93. The molecule has 0 atom stereocenters. The Morgan fingerprint density at radius 3 is 2.37 bits per heavy atom. The van der Waals surface area contributed by atoms with E-state index in [0.717, 1.165) is 40.5 Å². The third-order valence-electron chi connectivity index (χ3n) is 4.70. The van der Waals surface area contributed by atoms with Crippen molar-refractivity contribution in [2.24, 2.45) is 0 Å². The van der Waals surface area contributed by atoms with Gasteiger partial charge in [-0.1, -0.05) is 38.1 Å². The molecule has 2 aromatic rings. The minimum Gasteiger partial charge on any atom is -0.352 e. The molecular weight excluding hydrogens is 356 g/mol. The number of nitrogens with zero attached hydrogens (tertiary/aromatic N) is 1. The van der Waals surface area contributed by atoms with Crippen molar-refractivity contribution in [1.29, 1.82) is 0 Å². The predicted octanol–water partition coefficient (Wildman–Crippen LogP) is 4.49. The number of benzene rings is 1. The van der Waals surface area contributed by atoms with Crippen molar-refractivity contribution in [3.05, 3.63) is 56.8 Å². The molecule has 0 aliphatic carbocycles. The van der Waals surface area contributed by atoms with Gasteiger partial charge in [-0.25, -0.2) is 0 Å². The number of ketones is 1. The molecule has 0 unspecified atom stereocenters. The zero-order valence-electron chi connectivity index (χ0n) is 16.8. The Morgan fingerprint density at radius 1 is 1.04 bits per heavy atom. The lowest BCUT2D eigenvalue weighted by atomic mass is 10.1. The smallest absolute Gasteiger partial charge is 0.220 e. The summed E-state index contributed by atoms with van der Waals surface area (Å²) in [5.74, 6) is -0.0321. The van der Waals surface area contributed by atoms with Gasteiger partial charge in [0.2, 0.25) is 5.91 Å². The van der Waals surface area contributed by atoms with Gasteiger partial charge in [-0.05, 0) is 44.1 Å². The Morgan fingerprint density at radius 2 is 1.74 bits per heavy atom. The van der Waals surface area contributed by atoms with Crippen LogP contribution in [-0.4, -0.2) is 29.7 Å².